The first kappa shape index (κ1) is 14.6. The van der Waals surface area contributed by atoms with Crippen LogP contribution in [-0.4, -0.2) is 26.8 Å². The number of nitrogens with one attached hydrogen (secondary N) is 1. The summed E-state index contributed by atoms with van der Waals surface area (Å²) in [4.78, 5) is 22.3. The summed E-state index contributed by atoms with van der Waals surface area (Å²) in [6.07, 6.45) is 1.31. The molecule has 2 N–H and O–H groups in total. The molecule has 0 unspecified atom stereocenters. The zero-order valence-electron chi connectivity index (χ0n) is 10.7. The highest BCUT2D eigenvalue weighted by Crippen LogP contribution is 2.15. The fourth-order valence-electron chi connectivity index (χ4n) is 1.59. The van der Waals surface area contributed by atoms with E-state index in [4.69, 9.17) is 5.11 Å². The number of carbonyl (C=O) groups excluding carboxylic acids is 1. The van der Waals surface area contributed by atoms with E-state index in [2.05, 4.69) is 10.4 Å². The maximum atomic E-state index is 13.4. The van der Waals surface area contributed by atoms with E-state index in [9.17, 15) is 18.4 Å². The number of aryl methyl sites for hydroxylation is 1. The molecule has 21 heavy (non-hydrogen) atoms. The molecule has 2 rings (SSSR count). The lowest BCUT2D eigenvalue weighted by molar-refractivity contribution is -0.137. The second-order valence-corrected chi connectivity index (χ2v) is 4.19. The van der Waals surface area contributed by atoms with Crippen LogP contribution in [0.5, 0.6) is 0 Å². The van der Waals surface area contributed by atoms with Crippen molar-refractivity contribution in [1.29, 1.82) is 0 Å². The van der Waals surface area contributed by atoms with Gasteiger partial charge in [0.25, 0.3) is 5.91 Å². The molecule has 0 bridgehead atoms. The summed E-state index contributed by atoms with van der Waals surface area (Å²) in [5, 5.41) is 14.7. The van der Waals surface area contributed by atoms with Gasteiger partial charge in [0.2, 0.25) is 0 Å². The number of carboxylic acid groups (broad SMARTS) is 1. The predicted molar refractivity (Wildman–Crippen MR) is 68.8 cm³/mol. The number of aromatic nitrogens is 2. The molecule has 0 spiro atoms. The summed E-state index contributed by atoms with van der Waals surface area (Å²) in [6.45, 7) is 0.119. The lowest BCUT2D eigenvalue weighted by atomic mass is 10.3. The van der Waals surface area contributed by atoms with Crippen LogP contribution in [0.3, 0.4) is 0 Å². The highest BCUT2D eigenvalue weighted by atomic mass is 19.1. The number of hydrogen-bond acceptors (Lipinski definition) is 3. The van der Waals surface area contributed by atoms with Crippen molar-refractivity contribution in [1.82, 2.24) is 9.78 Å². The van der Waals surface area contributed by atoms with Gasteiger partial charge in [-0.05, 0) is 18.2 Å². The second kappa shape index (κ2) is 6.12. The lowest BCUT2D eigenvalue weighted by Gasteiger charge is -2.04. The molecular weight excluding hydrogens is 284 g/mol. The van der Waals surface area contributed by atoms with Crippen LogP contribution in [0, 0.1) is 11.6 Å². The Hall–Kier alpha value is -2.77. The fraction of sp³-hybridized carbons (Fsp3) is 0.154. The molecule has 0 radical (unpaired) electrons. The minimum absolute atomic E-state index is 0.00381. The van der Waals surface area contributed by atoms with E-state index in [0.29, 0.717) is 6.07 Å². The molecule has 1 aromatic heterocycles. The molecular formula is C13H11F2N3O3. The topological polar surface area (TPSA) is 84.2 Å². The van der Waals surface area contributed by atoms with E-state index in [0.717, 1.165) is 12.1 Å². The standard InChI is InChI=1S/C13H11F2N3O3/c14-8-1-2-10(9(15)7-8)16-13(21)11-3-5-18(17-11)6-4-12(19)20/h1-3,5,7H,4,6H2,(H,16,21)(H,19,20). The van der Waals surface area contributed by atoms with Crippen LogP contribution < -0.4 is 5.32 Å². The third kappa shape index (κ3) is 3.85. The quantitative estimate of drug-likeness (QED) is 0.882. The average molecular weight is 295 g/mol. The highest BCUT2D eigenvalue weighted by Gasteiger charge is 2.13. The van der Waals surface area contributed by atoms with E-state index in [1.165, 1.54) is 16.9 Å². The van der Waals surface area contributed by atoms with Crippen molar-refractivity contribution < 1.29 is 23.5 Å². The van der Waals surface area contributed by atoms with Gasteiger partial charge in [0.1, 0.15) is 11.6 Å². The Bertz CT molecular complexity index is 685. The van der Waals surface area contributed by atoms with Crippen LogP contribution in [0.25, 0.3) is 0 Å². The summed E-state index contributed by atoms with van der Waals surface area (Å²) in [6, 6.07) is 4.15. The Morgan fingerprint density at radius 1 is 1.29 bits per heavy atom. The maximum absolute atomic E-state index is 13.4. The van der Waals surface area contributed by atoms with Crippen LogP contribution >= 0.6 is 0 Å². The smallest absolute Gasteiger partial charge is 0.305 e. The van der Waals surface area contributed by atoms with E-state index in [-0.39, 0.29) is 24.3 Å². The van der Waals surface area contributed by atoms with E-state index >= 15 is 0 Å². The number of halogens is 2. The van der Waals surface area contributed by atoms with Crippen LogP contribution in [0.2, 0.25) is 0 Å². The molecule has 0 aliphatic rings. The van der Waals surface area contributed by atoms with Gasteiger partial charge in [-0.15, -0.1) is 0 Å². The second-order valence-electron chi connectivity index (χ2n) is 4.19. The van der Waals surface area contributed by atoms with Gasteiger partial charge >= 0.3 is 5.97 Å². The van der Waals surface area contributed by atoms with Crippen LogP contribution in [0.4, 0.5) is 14.5 Å². The SMILES string of the molecule is O=C(O)CCn1ccc(C(=O)Nc2ccc(F)cc2F)n1. The van der Waals surface area contributed by atoms with Crippen molar-refractivity contribution in [3.63, 3.8) is 0 Å². The summed E-state index contributed by atoms with van der Waals surface area (Å²) < 4.78 is 27.4. The molecule has 6 nitrogen and oxygen atoms in total. The van der Waals surface area contributed by atoms with Gasteiger partial charge in [-0.25, -0.2) is 8.78 Å². The summed E-state index contributed by atoms with van der Waals surface area (Å²) in [5.41, 5.74) is -0.161. The van der Waals surface area contributed by atoms with Gasteiger partial charge < -0.3 is 10.4 Å². The maximum Gasteiger partial charge on any atom is 0.305 e. The highest BCUT2D eigenvalue weighted by molar-refractivity contribution is 6.02. The van der Waals surface area contributed by atoms with Gasteiger partial charge in [0, 0.05) is 12.3 Å². The Balaban J connectivity index is 2.05. The van der Waals surface area contributed by atoms with Gasteiger partial charge in [0.15, 0.2) is 5.69 Å². The molecule has 1 aromatic carbocycles. The Kier molecular flexibility index (Phi) is 4.27. The molecule has 0 atom stereocenters. The van der Waals surface area contributed by atoms with Crippen molar-refractivity contribution in [3.05, 3.63) is 47.8 Å². The molecule has 0 saturated heterocycles. The fourth-order valence-corrected chi connectivity index (χ4v) is 1.59. The number of aliphatic carboxylic acids is 1. The van der Waals surface area contributed by atoms with Crippen LogP contribution in [-0.2, 0) is 11.3 Å². The monoisotopic (exact) mass is 295 g/mol. The third-order valence-electron chi connectivity index (χ3n) is 2.61. The number of carbonyl (C=O) groups is 2. The molecule has 2 aromatic rings. The number of hydrogen-bond donors (Lipinski definition) is 2. The first-order valence-electron chi connectivity index (χ1n) is 5.97. The molecule has 0 saturated carbocycles. The molecule has 0 fully saturated rings. The number of anilines is 1. The Labute approximate surface area is 118 Å². The number of rotatable bonds is 5. The lowest BCUT2D eigenvalue weighted by Crippen LogP contribution is -2.15. The van der Waals surface area contributed by atoms with E-state index in [1.807, 2.05) is 0 Å². The summed E-state index contributed by atoms with van der Waals surface area (Å²) >= 11 is 0. The van der Waals surface area contributed by atoms with Crippen molar-refractivity contribution in [2.75, 3.05) is 5.32 Å². The number of nitrogens with zero attached hydrogens (tertiary/aromatic N) is 2. The van der Waals surface area contributed by atoms with Gasteiger partial charge in [-0.3, -0.25) is 14.3 Å². The largest absolute Gasteiger partial charge is 0.481 e. The van der Waals surface area contributed by atoms with Gasteiger partial charge in [0.05, 0.1) is 18.7 Å². The Morgan fingerprint density at radius 2 is 2.05 bits per heavy atom. The zero-order chi connectivity index (χ0) is 15.4. The minimum atomic E-state index is -0.982. The molecule has 1 heterocycles. The molecule has 8 heteroatoms. The summed E-state index contributed by atoms with van der Waals surface area (Å²) in [7, 11) is 0. The molecule has 0 aliphatic carbocycles. The van der Waals surface area contributed by atoms with Crippen molar-refractivity contribution in [2.24, 2.45) is 0 Å². The van der Waals surface area contributed by atoms with Gasteiger partial charge in [-0.2, -0.15) is 5.10 Å². The number of amides is 1. The normalized spacial score (nSPS) is 10.4. The van der Waals surface area contributed by atoms with Gasteiger partial charge in [-0.1, -0.05) is 0 Å². The first-order valence-corrected chi connectivity index (χ1v) is 5.97. The molecule has 110 valence electrons. The number of carboxylic acids is 1. The van der Waals surface area contributed by atoms with E-state index in [1.54, 1.807) is 0 Å². The van der Waals surface area contributed by atoms with Crippen molar-refractivity contribution >= 4 is 17.6 Å². The predicted octanol–water partition coefficient (Wildman–Crippen LogP) is 1.89. The summed E-state index contributed by atoms with van der Waals surface area (Å²) in [5.74, 6) is -3.29. The molecule has 0 aliphatic heterocycles. The average Bonchev–Trinajstić information content (AvgIpc) is 2.88. The van der Waals surface area contributed by atoms with E-state index < -0.39 is 23.5 Å². The van der Waals surface area contributed by atoms with Crippen molar-refractivity contribution in [3.8, 4) is 0 Å². The first-order chi connectivity index (χ1) is 9.95. The minimum Gasteiger partial charge on any atom is -0.481 e. The third-order valence-corrected chi connectivity index (χ3v) is 2.61. The van der Waals surface area contributed by atoms with Crippen molar-refractivity contribution in [2.45, 2.75) is 13.0 Å². The number of benzene rings is 1. The van der Waals surface area contributed by atoms with Crippen LogP contribution in [0.15, 0.2) is 30.5 Å². The Morgan fingerprint density at radius 3 is 2.71 bits per heavy atom. The molecule has 1 amide bonds. The zero-order valence-corrected chi connectivity index (χ0v) is 10.7. The van der Waals surface area contributed by atoms with Crippen LogP contribution in [0.1, 0.15) is 16.9 Å².